The number of rotatable bonds is 55. The molecule has 0 rings (SSSR count). The van der Waals surface area contributed by atoms with Gasteiger partial charge in [-0.3, -0.25) is 9.59 Å². The number of esters is 2. The first-order chi connectivity index (χ1) is 35.6. The van der Waals surface area contributed by atoms with E-state index >= 15 is 0 Å². The summed E-state index contributed by atoms with van der Waals surface area (Å²) in [6, 6.07) is 0. The summed E-state index contributed by atoms with van der Waals surface area (Å²) in [6.45, 7) is 4.77. The molecule has 9 heteroatoms. The van der Waals surface area contributed by atoms with Gasteiger partial charge in [-0.05, 0) is 83.5 Å². The number of likely N-dealkylation sites (N-methyl/N-ethyl adjacent to an activating group) is 1. The molecule has 0 aliphatic rings. The minimum Gasteiger partial charge on any atom is -0.477 e. The van der Waals surface area contributed by atoms with Gasteiger partial charge in [0.05, 0.1) is 34.4 Å². The van der Waals surface area contributed by atoms with Crippen LogP contribution in [0.15, 0.2) is 72.9 Å². The predicted octanol–water partition coefficient (Wildman–Crippen LogP) is 17.8. The Kier molecular flexibility index (Phi) is 52.5. The molecule has 1 N–H and O–H groups in total. The lowest BCUT2D eigenvalue weighted by Crippen LogP contribution is -2.40. The van der Waals surface area contributed by atoms with E-state index in [9.17, 15) is 19.5 Å². The largest absolute Gasteiger partial charge is 0.477 e. The number of carbonyl (C=O) groups is 3. The van der Waals surface area contributed by atoms with E-state index in [4.69, 9.17) is 18.9 Å². The Labute approximate surface area is 449 Å². The van der Waals surface area contributed by atoms with Crippen molar-refractivity contribution < 1.29 is 42.9 Å². The smallest absolute Gasteiger partial charge is 0.361 e. The molecule has 0 aliphatic carbocycles. The molecular formula is C64H114NO8+. The van der Waals surface area contributed by atoms with Gasteiger partial charge in [0.25, 0.3) is 6.29 Å². The number of quaternary nitrogens is 1. The van der Waals surface area contributed by atoms with Crippen molar-refractivity contribution in [3.8, 4) is 0 Å². The zero-order valence-electron chi connectivity index (χ0n) is 48.0. The molecule has 0 aromatic carbocycles. The Balaban J connectivity index is 4.22. The van der Waals surface area contributed by atoms with Crippen LogP contribution in [0.2, 0.25) is 0 Å². The quantitative estimate of drug-likeness (QED) is 0.0211. The third kappa shape index (κ3) is 56.3. The molecule has 0 spiro atoms. The number of nitrogens with zero attached hydrogens (tertiary/aromatic N) is 1. The normalized spacial score (nSPS) is 13.3. The van der Waals surface area contributed by atoms with E-state index in [-0.39, 0.29) is 32.2 Å². The van der Waals surface area contributed by atoms with Crippen LogP contribution in [0.5, 0.6) is 0 Å². The first-order valence-electron chi connectivity index (χ1n) is 30.1. The molecule has 9 nitrogen and oxygen atoms in total. The van der Waals surface area contributed by atoms with Gasteiger partial charge in [-0.15, -0.1) is 0 Å². The lowest BCUT2D eigenvalue weighted by atomic mass is 10.0. The minimum absolute atomic E-state index is 0.185. The maximum Gasteiger partial charge on any atom is 0.361 e. The minimum atomic E-state index is -1.51. The molecule has 0 aromatic heterocycles. The van der Waals surface area contributed by atoms with Gasteiger partial charge in [-0.25, -0.2) is 4.79 Å². The van der Waals surface area contributed by atoms with Crippen molar-refractivity contribution in [2.75, 3.05) is 47.5 Å². The number of ether oxygens (including phenoxy) is 4. The van der Waals surface area contributed by atoms with Crippen LogP contribution in [0.25, 0.3) is 0 Å². The number of hydrogen-bond acceptors (Lipinski definition) is 7. The highest BCUT2D eigenvalue weighted by atomic mass is 16.7. The number of carboxylic acids is 1. The number of allylic oxidation sites excluding steroid dienone is 12. The van der Waals surface area contributed by atoms with Crippen molar-refractivity contribution in [3.63, 3.8) is 0 Å². The fourth-order valence-corrected chi connectivity index (χ4v) is 8.33. The summed E-state index contributed by atoms with van der Waals surface area (Å²) in [7, 11) is 5.97. The zero-order valence-corrected chi connectivity index (χ0v) is 48.0. The van der Waals surface area contributed by atoms with E-state index < -0.39 is 24.3 Å². The number of hydrogen-bond donors (Lipinski definition) is 1. The van der Waals surface area contributed by atoms with Crippen LogP contribution in [-0.2, 0) is 33.3 Å². The highest BCUT2D eigenvalue weighted by molar-refractivity contribution is 5.71. The Bertz CT molecular complexity index is 1420. The first kappa shape index (κ1) is 69.7. The van der Waals surface area contributed by atoms with Crippen LogP contribution >= 0.6 is 0 Å². The second kappa shape index (κ2) is 55.0. The van der Waals surface area contributed by atoms with Crippen LogP contribution < -0.4 is 0 Å². The lowest BCUT2D eigenvalue weighted by Gasteiger charge is -2.25. The molecule has 0 fully saturated rings. The van der Waals surface area contributed by atoms with E-state index in [2.05, 4.69) is 86.8 Å². The van der Waals surface area contributed by atoms with Gasteiger partial charge in [-0.1, -0.05) is 234 Å². The first-order valence-corrected chi connectivity index (χ1v) is 30.1. The summed E-state index contributed by atoms with van der Waals surface area (Å²) < 4.78 is 22.9. The zero-order chi connectivity index (χ0) is 53.4. The lowest BCUT2D eigenvalue weighted by molar-refractivity contribution is -0.870. The van der Waals surface area contributed by atoms with Crippen molar-refractivity contribution in [3.05, 3.63) is 72.9 Å². The van der Waals surface area contributed by atoms with Crippen LogP contribution in [0.1, 0.15) is 258 Å². The van der Waals surface area contributed by atoms with Crippen molar-refractivity contribution in [2.24, 2.45) is 0 Å². The molecule has 0 aromatic rings. The molecule has 0 amide bonds. The number of carboxylic acid groups (broad SMARTS) is 1. The van der Waals surface area contributed by atoms with Crippen LogP contribution in [0.4, 0.5) is 0 Å². The monoisotopic (exact) mass is 1020 g/mol. The van der Waals surface area contributed by atoms with E-state index in [1.807, 2.05) is 21.1 Å². The second-order valence-electron chi connectivity index (χ2n) is 21.3. The van der Waals surface area contributed by atoms with E-state index in [0.717, 1.165) is 77.0 Å². The van der Waals surface area contributed by atoms with Gasteiger partial charge in [0.2, 0.25) is 0 Å². The van der Waals surface area contributed by atoms with Crippen molar-refractivity contribution in [1.29, 1.82) is 0 Å². The van der Waals surface area contributed by atoms with Crippen LogP contribution in [0, 0.1) is 0 Å². The molecule has 0 heterocycles. The van der Waals surface area contributed by atoms with Gasteiger partial charge in [0.1, 0.15) is 13.2 Å². The highest BCUT2D eigenvalue weighted by Gasteiger charge is 2.25. The molecule has 0 saturated heterocycles. The summed E-state index contributed by atoms with van der Waals surface area (Å²) in [5.41, 5.74) is 0. The Morgan fingerprint density at radius 2 is 0.781 bits per heavy atom. The third-order valence-electron chi connectivity index (χ3n) is 12.9. The fourth-order valence-electron chi connectivity index (χ4n) is 8.33. The van der Waals surface area contributed by atoms with Gasteiger partial charge >= 0.3 is 17.9 Å². The van der Waals surface area contributed by atoms with E-state index in [0.29, 0.717) is 23.9 Å². The molecule has 422 valence electrons. The second-order valence-corrected chi connectivity index (χ2v) is 21.3. The standard InChI is InChI=1S/C64H113NO8/c1-6-8-10-12-14-16-18-20-22-24-26-28-30-31-33-34-36-38-40-42-44-46-48-50-52-54-61(66)71-58-60(59-72-64(63(68)69)70-57-56-65(3,4)5)73-62(67)55-53-51-49-47-45-43-41-39-37-35-32-29-27-25-23-21-19-17-15-13-11-9-7-2/h9,11,15,17-18,20-21,23-24,26-27,29,60,64H,6-8,10,12-14,16,19,22,25,28,30-59H2,1-5H3/p+1/b11-9-,17-15-,20-18-,23-21-,26-24-,29-27-. The summed E-state index contributed by atoms with van der Waals surface area (Å²) in [5, 5.41) is 9.71. The third-order valence-corrected chi connectivity index (χ3v) is 12.9. The summed E-state index contributed by atoms with van der Waals surface area (Å²) >= 11 is 0. The Morgan fingerprint density at radius 3 is 1.16 bits per heavy atom. The SMILES string of the molecule is CC/C=C\C/C=C\C/C=C\C/C=C\CCCCCCCCCCCCC(=O)OC(COC(=O)CCCCCCCCCCCCCCC/C=C\C/C=C\CCCCCCC)COC(OCC[N+](C)(C)C)C(=O)O. The molecule has 73 heavy (non-hydrogen) atoms. The molecule has 2 unspecified atom stereocenters. The average molecular weight is 1030 g/mol. The van der Waals surface area contributed by atoms with E-state index in [1.165, 1.54) is 148 Å². The van der Waals surface area contributed by atoms with Gasteiger partial charge in [0.15, 0.2) is 6.10 Å². The van der Waals surface area contributed by atoms with Crippen molar-refractivity contribution in [2.45, 2.75) is 270 Å². The molecular weight excluding hydrogens is 911 g/mol. The number of aliphatic carboxylic acids is 1. The highest BCUT2D eigenvalue weighted by Crippen LogP contribution is 2.16. The van der Waals surface area contributed by atoms with Crippen molar-refractivity contribution >= 4 is 17.9 Å². The Hall–Kier alpha value is -3.27. The number of unbranched alkanes of at least 4 members (excludes halogenated alkanes) is 28. The maximum atomic E-state index is 12.9. The van der Waals surface area contributed by atoms with E-state index in [1.54, 1.807) is 0 Å². The van der Waals surface area contributed by atoms with Gasteiger partial charge in [0, 0.05) is 12.8 Å². The summed E-state index contributed by atoms with van der Waals surface area (Å²) in [5.74, 6) is -2.01. The Morgan fingerprint density at radius 1 is 0.425 bits per heavy atom. The molecule has 0 radical (unpaired) electrons. The number of carbonyl (C=O) groups excluding carboxylic acids is 2. The van der Waals surface area contributed by atoms with Gasteiger partial charge < -0.3 is 28.5 Å². The molecule has 0 bridgehead atoms. The fraction of sp³-hybridized carbons (Fsp3) is 0.766. The van der Waals surface area contributed by atoms with Crippen molar-refractivity contribution in [1.82, 2.24) is 0 Å². The molecule has 0 aliphatic heterocycles. The molecule has 2 atom stereocenters. The predicted molar refractivity (Wildman–Crippen MR) is 309 cm³/mol. The topological polar surface area (TPSA) is 108 Å². The summed E-state index contributed by atoms with van der Waals surface area (Å²) in [4.78, 5) is 37.5. The maximum absolute atomic E-state index is 12.9. The van der Waals surface area contributed by atoms with Crippen LogP contribution in [0.3, 0.4) is 0 Å². The summed E-state index contributed by atoms with van der Waals surface area (Å²) in [6.07, 6.45) is 68.3. The van der Waals surface area contributed by atoms with Gasteiger partial charge in [-0.2, -0.15) is 0 Å². The molecule has 0 saturated carbocycles. The van der Waals surface area contributed by atoms with Crippen LogP contribution in [-0.4, -0.2) is 87.4 Å². The average Bonchev–Trinajstić information content (AvgIpc) is 3.36.